The summed E-state index contributed by atoms with van der Waals surface area (Å²) in [4.78, 5) is 0. The predicted octanol–water partition coefficient (Wildman–Crippen LogP) is 15.6. The maximum Gasteiger partial charge on any atom is 0.0742 e. The molecule has 0 radical (unpaired) electrons. The molecule has 11 nitrogen and oxygen atoms in total. The van der Waals surface area contributed by atoms with Crippen LogP contribution in [-0.4, -0.2) is 121 Å². The van der Waals surface area contributed by atoms with Crippen LogP contribution in [0.25, 0.3) is 0 Å². The Hall–Kier alpha value is -0.440. The van der Waals surface area contributed by atoms with Crippen molar-refractivity contribution in [2.45, 2.75) is 373 Å². The lowest BCUT2D eigenvalue weighted by atomic mass is 10.1. The zero-order valence-corrected chi connectivity index (χ0v) is 55.9. The van der Waals surface area contributed by atoms with Gasteiger partial charge in [0, 0.05) is 0 Å². The molecule has 1 unspecified atom stereocenters. The predicted molar refractivity (Wildman–Crippen MR) is 328 cm³/mol. The van der Waals surface area contributed by atoms with Crippen LogP contribution in [-0.2, 0) is 0 Å². The van der Waals surface area contributed by atoms with Crippen molar-refractivity contribution in [1.82, 2.24) is 0 Å². The normalized spacial score (nSPS) is 12.0. The zero-order chi connectivity index (χ0) is 62.0. The molecule has 0 aromatic heterocycles. The summed E-state index contributed by atoms with van der Waals surface area (Å²) in [6, 6.07) is 0. The molecule has 0 bridgehead atoms. The van der Waals surface area contributed by atoms with Gasteiger partial charge in [-0.05, 0) is 194 Å². The second kappa shape index (κ2) is 72.6. The van der Waals surface area contributed by atoms with Crippen LogP contribution in [0.15, 0.2) is 0 Å². The summed E-state index contributed by atoms with van der Waals surface area (Å²) in [6.07, 6.45) is 7.25. The molecule has 462 valence electrons. The highest BCUT2D eigenvalue weighted by Gasteiger charge is 2.06. The molecule has 0 saturated heterocycles. The van der Waals surface area contributed by atoms with Crippen molar-refractivity contribution >= 4 is 0 Å². The molecule has 0 aliphatic heterocycles. The minimum absolute atomic E-state index is 0. The van der Waals surface area contributed by atoms with Crippen molar-refractivity contribution < 1.29 is 56.2 Å². The lowest BCUT2D eigenvalue weighted by Gasteiger charge is -2.11. The number of rotatable bonds is 9. The number of aliphatic hydroxyl groups excluding tert-OH is 5. The van der Waals surface area contributed by atoms with E-state index in [0.717, 1.165) is 55.8 Å². The van der Waals surface area contributed by atoms with E-state index in [1.54, 1.807) is 132 Å². The highest BCUT2D eigenvalue weighted by molar-refractivity contribution is 4.59. The van der Waals surface area contributed by atoms with Gasteiger partial charge in [0.25, 0.3) is 0 Å². The van der Waals surface area contributed by atoms with Crippen LogP contribution < -0.4 is 0 Å². The lowest BCUT2D eigenvalue weighted by molar-refractivity contribution is 0.0759. The Balaban J connectivity index is -0.0000000374. The van der Waals surface area contributed by atoms with Crippen LogP contribution in [0.4, 0.5) is 0 Å². The number of aliphatic hydroxyl groups is 11. The Labute approximate surface area is 457 Å². The second-order valence-electron chi connectivity index (χ2n) is 25.0. The maximum atomic E-state index is 8.83. The third-order valence-electron chi connectivity index (χ3n) is 6.22. The lowest BCUT2D eigenvalue weighted by Crippen LogP contribution is -2.15. The van der Waals surface area contributed by atoms with E-state index in [-0.39, 0.29) is 32.3 Å². The topological polar surface area (TPSA) is 223 Å². The van der Waals surface area contributed by atoms with Gasteiger partial charge in [-0.25, -0.2) is 0 Å². The summed E-state index contributed by atoms with van der Waals surface area (Å²) < 4.78 is 0. The van der Waals surface area contributed by atoms with E-state index in [1.807, 2.05) is 34.6 Å². The summed E-state index contributed by atoms with van der Waals surface area (Å²) in [5.74, 6) is 3.49. The molecular weight excluding hydrogens is 909 g/mol. The van der Waals surface area contributed by atoms with Gasteiger partial charge in [0.1, 0.15) is 0 Å². The minimum atomic E-state index is -0.560. The molecule has 0 aliphatic carbocycles. The van der Waals surface area contributed by atoms with E-state index in [1.165, 1.54) is 26.2 Å². The highest BCUT2D eigenvalue weighted by Crippen LogP contribution is 2.04. The first kappa shape index (κ1) is 111. The molecule has 0 rings (SSSR count). The van der Waals surface area contributed by atoms with E-state index < -0.39 is 39.7 Å². The molecule has 0 amide bonds. The third-order valence-corrected chi connectivity index (χ3v) is 6.22. The molecule has 4 atom stereocenters. The van der Waals surface area contributed by atoms with Gasteiger partial charge in [-0.15, -0.1) is 0 Å². The molecule has 11 N–H and O–H groups in total. The summed E-state index contributed by atoms with van der Waals surface area (Å²) >= 11 is 0. The first-order valence-electron chi connectivity index (χ1n) is 27.4. The molecule has 0 fully saturated rings. The molecule has 0 saturated carbocycles. The Morgan fingerprint density at radius 1 is 0.278 bits per heavy atom. The maximum absolute atomic E-state index is 8.83. The molecule has 11 heteroatoms. The smallest absolute Gasteiger partial charge is 0.0742 e. The third kappa shape index (κ3) is 855. The monoisotopic (exact) mass is 1060 g/mol. The molecule has 0 aromatic carbocycles. The van der Waals surface area contributed by atoms with Crippen molar-refractivity contribution in [2.24, 2.45) is 23.7 Å². The molecule has 0 aromatic rings. The van der Waals surface area contributed by atoms with Crippen molar-refractivity contribution in [3.8, 4) is 0 Å². The van der Waals surface area contributed by atoms with Gasteiger partial charge in [0.05, 0.1) is 64.6 Å². The summed E-state index contributed by atoms with van der Waals surface area (Å²) in [6.45, 7) is 71.0. The highest BCUT2D eigenvalue weighted by atomic mass is 16.3. The fourth-order valence-corrected chi connectivity index (χ4v) is 0. The molecule has 0 aliphatic rings. The Morgan fingerprint density at radius 3 is 0.333 bits per heavy atom. The number of hydrogen-bond acceptors (Lipinski definition) is 11. The van der Waals surface area contributed by atoms with Gasteiger partial charge >= 0.3 is 0 Å². The number of hydrogen-bond donors (Lipinski definition) is 11. The van der Waals surface area contributed by atoms with Crippen LogP contribution in [0, 0.1) is 23.7 Å². The Kier molecular flexibility index (Phi) is 112. The van der Waals surface area contributed by atoms with E-state index in [9.17, 15) is 0 Å². The van der Waals surface area contributed by atoms with Crippen molar-refractivity contribution in [3.63, 3.8) is 0 Å². The quantitative estimate of drug-likeness (QED) is 0.104. The Bertz CT molecular complexity index is 647. The van der Waals surface area contributed by atoms with Gasteiger partial charge in [0.15, 0.2) is 0 Å². The van der Waals surface area contributed by atoms with Crippen LogP contribution in [0.1, 0.15) is 315 Å². The van der Waals surface area contributed by atoms with Gasteiger partial charge in [-0.1, -0.05) is 144 Å². The summed E-state index contributed by atoms with van der Waals surface area (Å²) in [5, 5.41) is 92.8. The van der Waals surface area contributed by atoms with E-state index in [2.05, 4.69) is 83.1 Å². The summed E-state index contributed by atoms with van der Waals surface area (Å²) in [7, 11) is 0. The Morgan fingerprint density at radius 2 is 0.333 bits per heavy atom. The molecular formula is C61H152O11. The van der Waals surface area contributed by atoms with Crippen molar-refractivity contribution in [1.29, 1.82) is 0 Å². The molecule has 72 heavy (non-hydrogen) atoms. The first-order valence-corrected chi connectivity index (χ1v) is 27.4. The van der Waals surface area contributed by atoms with E-state index in [0.29, 0.717) is 0 Å². The molecule has 0 heterocycles. The first-order chi connectivity index (χ1) is 30.7. The van der Waals surface area contributed by atoms with Gasteiger partial charge in [-0.3, -0.25) is 0 Å². The standard InChI is InChI=1S/2C5H12O.3C5H12.7C4H10O.C4H10.C3H8O2.CH4/c2*1-4-5(2,3)6;3*1-4-5(2)3;4*1-4(2,3)5;3*1-3-4(2)5;1-4(2)3;1-3(5)2-4;/h2*6H,4H2,1-3H3;3*5H,4H2,1-3H3;4*5H,1-3H3;3*4-5H,3H2,1-2H3;4H,1-3H3;3-5H,2H2,1H3;1H4/t;;;;;;;;;2*4-;;;3-;/m.........10..1./s1. The van der Waals surface area contributed by atoms with Crippen LogP contribution in [0.5, 0.6) is 0 Å². The molecule has 0 spiro atoms. The average molecular weight is 1060 g/mol. The fourth-order valence-electron chi connectivity index (χ4n) is 0. The van der Waals surface area contributed by atoms with Crippen LogP contribution in [0.2, 0.25) is 0 Å². The minimum Gasteiger partial charge on any atom is -0.394 e. The summed E-state index contributed by atoms with van der Waals surface area (Å²) in [5.41, 5.74) is -2.92. The van der Waals surface area contributed by atoms with Gasteiger partial charge in [0.2, 0.25) is 0 Å². The van der Waals surface area contributed by atoms with Crippen LogP contribution in [0.3, 0.4) is 0 Å². The van der Waals surface area contributed by atoms with Gasteiger partial charge < -0.3 is 56.2 Å². The van der Waals surface area contributed by atoms with Crippen LogP contribution >= 0.6 is 0 Å². The average Bonchev–Trinajstić information content (AvgIpc) is 3.13. The van der Waals surface area contributed by atoms with E-state index >= 15 is 0 Å². The SMILES string of the molecule is C.CC(C)(C)O.CC(C)(C)O.CC(C)(C)O.CC(C)(C)O.CC(C)C.CCC(C)(C)O.CCC(C)(C)O.CCC(C)C.CCC(C)C.CCC(C)C.CCC(C)O.CC[C@@H](C)O.CC[C@H](C)O.C[C@@H](O)CO. The van der Waals surface area contributed by atoms with Crippen molar-refractivity contribution in [3.05, 3.63) is 0 Å². The van der Waals surface area contributed by atoms with Crippen molar-refractivity contribution in [2.75, 3.05) is 6.61 Å². The van der Waals surface area contributed by atoms with E-state index in [4.69, 9.17) is 56.2 Å². The largest absolute Gasteiger partial charge is 0.394 e. The fraction of sp³-hybridized carbons (Fsp3) is 1.00. The van der Waals surface area contributed by atoms with Gasteiger partial charge in [-0.2, -0.15) is 0 Å². The second-order valence-corrected chi connectivity index (χ2v) is 25.0. The zero-order valence-electron chi connectivity index (χ0n) is 55.9.